The Bertz CT molecular complexity index is 742. The van der Waals surface area contributed by atoms with Crippen LogP contribution < -0.4 is 5.32 Å². The maximum absolute atomic E-state index is 11.7. The first-order chi connectivity index (χ1) is 10.8. The zero-order valence-corrected chi connectivity index (χ0v) is 12.6. The van der Waals surface area contributed by atoms with Crippen molar-refractivity contribution in [3.05, 3.63) is 59.3 Å². The summed E-state index contributed by atoms with van der Waals surface area (Å²) >= 11 is 1.60. The molecule has 0 unspecified atom stereocenters. The quantitative estimate of drug-likeness (QED) is 0.712. The first kappa shape index (κ1) is 14.3. The van der Waals surface area contributed by atoms with Gasteiger partial charge >= 0.3 is 0 Å². The predicted molar refractivity (Wildman–Crippen MR) is 86.3 cm³/mol. The average Bonchev–Trinajstić information content (AvgIpc) is 3.26. The molecule has 0 aromatic carbocycles. The summed E-state index contributed by atoms with van der Waals surface area (Å²) in [5.74, 6) is 0.681. The molecule has 0 aliphatic rings. The van der Waals surface area contributed by atoms with Crippen LogP contribution >= 0.6 is 11.3 Å². The third kappa shape index (κ3) is 3.73. The molecule has 3 aromatic heterocycles. The van der Waals surface area contributed by atoms with Gasteiger partial charge in [-0.25, -0.2) is 0 Å². The fraction of sp³-hybridized carbons (Fsp3) is 0.125. The Morgan fingerprint density at radius 2 is 2.36 bits per heavy atom. The highest BCUT2D eigenvalue weighted by Gasteiger charge is 2.04. The van der Waals surface area contributed by atoms with Crippen molar-refractivity contribution in [1.82, 2.24) is 15.1 Å². The average molecular weight is 313 g/mol. The van der Waals surface area contributed by atoms with E-state index < -0.39 is 0 Å². The molecule has 0 fully saturated rings. The van der Waals surface area contributed by atoms with Crippen LogP contribution in [-0.2, 0) is 11.3 Å². The minimum atomic E-state index is -0.105. The van der Waals surface area contributed by atoms with E-state index in [2.05, 4.69) is 10.4 Å². The zero-order chi connectivity index (χ0) is 15.2. The van der Waals surface area contributed by atoms with E-state index in [1.165, 1.54) is 0 Å². The minimum Gasteiger partial charge on any atom is -0.464 e. The fourth-order valence-electron chi connectivity index (χ4n) is 1.95. The molecule has 3 rings (SSSR count). The smallest absolute Gasteiger partial charge is 0.244 e. The number of thiophene rings is 1. The molecule has 1 N–H and O–H groups in total. The van der Waals surface area contributed by atoms with Crippen LogP contribution in [0.1, 0.15) is 4.88 Å². The summed E-state index contributed by atoms with van der Waals surface area (Å²) in [5.41, 5.74) is 0.925. The van der Waals surface area contributed by atoms with E-state index >= 15 is 0 Å². The predicted octanol–water partition coefficient (Wildman–Crippen LogP) is 3.03. The molecule has 0 aliphatic heterocycles. The third-order valence-corrected chi connectivity index (χ3v) is 3.86. The van der Waals surface area contributed by atoms with Gasteiger partial charge in [-0.3, -0.25) is 9.48 Å². The lowest BCUT2D eigenvalue weighted by Gasteiger charge is -2.02. The van der Waals surface area contributed by atoms with E-state index in [1.807, 2.05) is 41.9 Å². The normalized spacial score (nSPS) is 11.1. The lowest BCUT2D eigenvalue weighted by atomic mass is 10.3. The number of hydrogen-bond acceptors (Lipinski definition) is 4. The lowest BCUT2D eigenvalue weighted by Crippen LogP contribution is -2.25. The highest BCUT2D eigenvalue weighted by atomic mass is 32.1. The van der Waals surface area contributed by atoms with Crippen LogP contribution in [0.3, 0.4) is 0 Å². The van der Waals surface area contributed by atoms with Gasteiger partial charge in [0.05, 0.1) is 24.6 Å². The summed E-state index contributed by atoms with van der Waals surface area (Å²) < 4.78 is 7.09. The minimum absolute atomic E-state index is 0.105. The molecule has 0 saturated heterocycles. The van der Waals surface area contributed by atoms with Crippen molar-refractivity contribution >= 4 is 23.3 Å². The maximum atomic E-state index is 11.7. The molecule has 3 aromatic rings. The fourth-order valence-corrected chi connectivity index (χ4v) is 2.57. The molecule has 0 saturated carbocycles. The summed E-state index contributed by atoms with van der Waals surface area (Å²) in [6.45, 7) is 1.13. The van der Waals surface area contributed by atoms with Gasteiger partial charge in [0, 0.05) is 23.7 Å². The van der Waals surface area contributed by atoms with Crippen molar-refractivity contribution in [1.29, 1.82) is 0 Å². The summed E-state index contributed by atoms with van der Waals surface area (Å²) in [5, 5.41) is 9.05. The second-order valence-electron chi connectivity index (χ2n) is 4.61. The van der Waals surface area contributed by atoms with Crippen LogP contribution in [0, 0.1) is 0 Å². The Hall–Kier alpha value is -2.60. The molecule has 112 valence electrons. The van der Waals surface area contributed by atoms with Crippen LogP contribution in [0.25, 0.3) is 17.4 Å². The second kappa shape index (κ2) is 6.91. The molecule has 6 heteroatoms. The number of amides is 1. The molecule has 5 nitrogen and oxygen atoms in total. The van der Waals surface area contributed by atoms with Crippen LogP contribution in [0.4, 0.5) is 0 Å². The van der Waals surface area contributed by atoms with Crippen LogP contribution in [0.5, 0.6) is 0 Å². The number of carbonyl (C=O) groups excluding carboxylic acids is 1. The number of nitrogens with zero attached hydrogens (tertiary/aromatic N) is 2. The van der Waals surface area contributed by atoms with Gasteiger partial charge in [-0.1, -0.05) is 6.07 Å². The van der Waals surface area contributed by atoms with Crippen molar-refractivity contribution in [2.24, 2.45) is 0 Å². The molecular weight excluding hydrogens is 298 g/mol. The number of aromatic nitrogens is 2. The monoisotopic (exact) mass is 313 g/mol. The van der Waals surface area contributed by atoms with E-state index in [4.69, 9.17) is 4.42 Å². The standard InChI is InChI=1S/C16H15N3O2S/c20-16(6-5-14-3-2-10-22-14)17-7-8-19-12-13(11-18-19)15-4-1-9-21-15/h1-6,9-12H,7-8H2,(H,17,20). The highest BCUT2D eigenvalue weighted by Crippen LogP contribution is 2.18. The van der Waals surface area contributed by atoms with Gasteiger partial charge in [0.25, 0.3) is 0 Å². The molecule has 0 radical (unpaired) electrons. The van der Waals surface area contributed by atoms with E-state index in [0.717, 1.165) is 16.2 Å². The molecular formula is C16H15N3O2S. The Kier molecular flexibility index (Phi) is 4.50. The highest BCUT2D eigenvalue weighted by molar-refractivity contribution is 7.10. The topological polar surface area (TPSA) is 60.1 Å². The molecule has 22 heavy (non-hydrogen) atoms. The Morgan fingerprint density at radius 3 is 3.14 bits per heavy atom. The zero-order valence-electron chi connectivity index (χ0n) is 11.8. The Balaban J connectivity index is 1.46. The maximum Gasteiger partial charge on any atom is 0.244 e. The number of carbonyl (C=O) groups is 1. The SMILES string of the molecule is O=C(C=Cc1cccs1)NCCn1cc(-c2ccco2)cn1. The Morgan fingerprint density at radius 1 is 1.41 bits per heavy atom. The molecule has 1 amide bonds. The molecule has 0 spiro atoms. The first-order valence-electron chi connectivity index (χ1n) is 6.87. The van der Waals surface area contributed by atoms with Gasteiger partial charge in [0.1, 0.15) is 5.76 Å². The van der Waals surface area contributed by atoms with Gasteiger partial charge in [0.15, 0.2) is 0 Å². The third-order valence-electron chi connectivity index (χ3n) is 3.02. The summed E-state index contributed by atoms with van der Waals surface area (Å²) in [6, 6.07) is 7.65. The van der Waals surface area contributed by atoms with Gasteiger partial charge < -0.3 is 9.73 Å². The van der Waals surface area contributed by atoms with Crippen molar-refractivity contribution in [2.75, 3.05) is 6.54 Å². The summed E-state index contributed by atoms with van der Waals surface area (Å²) in [6.07, 6.45) is 8.63. The van der Waals surface area contributed by atoms with Gasteiger partial charge in [0.2, 0.25) is 5.91 Å². The van der Waals surface area contributed by atoms with Crippen LogP contribution in [0.2, 0.25) is 0 Å². The molecule has 0 aliphatic carbocycles. The van der Waals surface area contributed by atoms with E-state index in [-0.39, 0.29) is 5.91 Å². The number of hydrogen-bond donors (Lipinski definition) is 1. The largest absolute Gasteiger partial charge is 0.464 e. The van der Waals surface area contributed by atoms with E-state index in [9.17, 15) is 4.79 Å². The molecule has 3 heterocycles. The van der Waals surface area contributed by atoms with Gasteiger partial charge in [-0.15, -0.1) is 11.3 Å². The first-order valence-corrected chi connectivity index (χ1v) is 7.75. The molecule has 0 bridgehead atoms. The second-order valence-corrected chi connectivity index (χ2v) is 5.59. The summed E-state index contributed by atoms with van der Waals surface area (Å²) in [7, 11) is 0. The summed E-state index contributed by atoms with van der Waals surface area (Å²) in [4.78, 5) is 12.7. The Labute approximate surface area is 131 Å². The molecule has 0 atom stereocenters. The van der Waals surface area contributed by atoms with E-state index in [0.29, 0.717) is 13.1 Å². The van der Waals surface area contributed by atoms with E-state index in [1.54, 1.807) is 34.6 Å². The van der Waals surface area contributed by atoms with Crippen LogP contribution in [-0.4, -0.2) is 22.2 Å². The van der Waals surface area contributed by atoms with Gasteiger partial charge in [-0.05, 0) is 29.7 Å². The van der Waals surface area contributed by atoms with Crippen molar-refractivity contribution < 1.29 is 9.21 Å². The van der Waals surface area contributed by atoms with Crippen molar-refractivity contribution in [3.8, 4) is 11.3 Å². The van der Waals surface area contributed by atoms with Crippen molar-refractivity contribution in [3.63, 3.8) is 0 Å². The van der Waals surface area contributed by atoms with Gasteiger partial charge in [-0.2, -0.15) is 5.10 Å². The number of nitrogens with one attached hydrogen (secondary N) is 1. The number of rotatable bonds is 6. The van der Waals surface area contributed by atoms with Crippen molar-refractivity contribution in [2.45, 2.75) is 6.54 Å². The lowest BCUT2D eigenvalue weighted by molar-refractivity contribution is -0.116. The van der Waals surface area contributed by atoms with Crippen LogP contribution in [0.15, 0.2) is 58.8 Å². The number of furan rings is 1.